The van der Waals surface area contributed by atoms with Gasteiger partial charge in [0.1, 0.15) is 11.6 Å². The van der Waals surface area contributed by atoms with Crippen molar-refractivity contribution in [1.29, 1.82) is 0 Å². The zero-order valence-corrected chi connectivity index (χ0v) is 10.8. The first-order valence-electron chi connectivity index (χ1n) is 5.92. The van der Waals surface area contributed by atoms with E-state index < -0.39 is 11.6 Å². The molecule has 7 heteroatoms. The lowest BCUT2D eigenvalue weighted by Crippen LogP contribution is -2.30. The lowest BCUT2D eigenvalue weighted by atomic mass is 10.0. The molecule has 19 heavy (non-hydrogen) atoms. The lowest BCUT2D eigenvalue weighted by Gasteiger charge is -2.14. The molecule has 0 aliphatic carbocycles. The summed E-state index contributed by atoms with van der Waals surface area (Å²) in [5.41, 5.74) is 0.463. The van der Waals surface area contributed by atoms with Gasteiger partial charge in [0.25, 0.3) is 0 Å². The molecule has 0 fully saturated rings. The summed E-state index contributed by atoms with van der Waals surface area (Å²) in [5.74, 6) is -0.519. The Balaban J connectivity index is 2.06. The van der Waals surface area contributed by atoms with Crippen LogP contribution in [0.5, 0.6) is 0 Å². The van der Waals surface area contributed by atoms with E-state index in [-0.39, 0.29) is 6.04 Å². The van der Waals surface area contributed by atoms with E-state index in [9.17, 15) is 8.78 Å². The number of likely N-dealkylation sites (N-methyl/N-ethyl adjacent to an activating group) is 1. The molecule has 0 aliphatic heterocycles. The van der Waals surface area contributed by atoms with Crippen LogP contribution in [0.2, 0.25) is 0 Å². The van der Waals surface area contributed by atoms with E-state index in [2.05, 4.69) is 20.7 Å². The quantitative estimate of drug-likeness (QED) is 0.873. The van der Waals surface area contributed by atoms with E-state index in [1.165, 1.54) is 16.9 Å². The van der Waals surface area contributed by atoms with Crippen LogP contribution in [0, 0.1) is 11.6 Å². The van der Waals surface area contributed by atoms with Crippen LogP contribution in [-0.2, 0) is 19.9 Å². The molecular weight excluding hydrogens is 252 g/mol. The van der Waals surface area contributed by atoms with E-state index in [0.717, 1.165) is 6.07 Å². The molecule has 0 bridgehead atoms. The fourth-order valence-corrected chi connectivity index (χ4v) is 1.85. The molecule has 5 nitrogen and oxygen atoms in total. The van der Waals surface area contributed by atoms with E-state index in [0.29, 0.717) is 24.2 Å². The Morgan fingerprint density at radius 2 is 2.11 bits per heavy atom. The third kappa shape index (κ3) is 3.54. The van der Waals surface area contributed by atoms with Crippen molar-refractivity contribution in [1.82, 2.24) is 25.5 Å². The largest absolute Gasteiger partial charge is 0.316 e. The molecule has 1 N–H and O–H groups in total. The Kier molecular flexibility index (Phi) is 4.16. The summed E-state index contributed by atoms with van der Waals surface area (Å²) in [4.78, 5) is 1.38. The van der Waals surface area contributed by atoms with Gasteiger partial charge < -0.3 is 5.32 Å². The molecule has 1 heterocycles. The van der Waals surface area contributed by atoms with Gasteiger partial charge in [0.2, 0.25) is 0 Å². The molecule has 102 valence electrons. The minimum atomic E-state index is -0.571. The summed E-state index contributed by atoms with van der Waals surface area (Å²) >= 11 is 0. The molecule has 0 spiro atoms. The maximum atomic E-state index is 13.6. The molecule has 1 aromatic heterocycles. The van der Waals surface area contributed by atoms with Crippen LogP contribution in [0.4, 0.5) is 8.78 Å². The van der Waals surface area contributed by atoms with Gasteiger partial charge in [-0.1, -0.05) is 6.07 Å². The van der Waals surface area contributed by atoms with Crippen molar-refractivity contribution in [2.24, 2.45) is 7.05 Å². The maximum Gasteiger partial charge on any atom is 0.176 e. The first kappa shape index (κ1) is 13.5. The van der Waals surface area contributed by atoms with E-state index >= 15 is 0 Å². The normalized spacial score (nSPS) is 12.6. The number of nitrogens with zero attached hydrogens (tertiary/aromatic N) is 4. The van der Waals surface area contributed by atoms with Crippen LogP contribution in [0.15, 0.2) is 18.2 Å². The monoisotopic (exact) mass is 267 g/mol. The van der Waals surface area contributed by atoms with Crippen LogP contribution in [-0.4, -0.2) is 33.3 Å². The number of halogens is 2. The zero-order chi connectivity index (χ0) is 13.8. The van der Waals surface area contributed by atoms with Crippen molar-refractivity contribution in [2.75, 3.05) is 7.05 Å². The van der Waals surface area contributed by atoms with Crippen molar-refractivity contribution in [3.05, 3.63) is 41.2 Å². The molecule has 0 saturated heterocycles. The fraction of sp³-hybridized carbons (Fsp3) is 0.417. The van der Waals surface area contributed by atoms with Gasteiger partial charge in [-0.3, -0.25) is 0 Å². The summed E-state index contributed by atoms with van der Waals surface area (Å²) in [7, 11) is 3.47. The van der Waals surface area contributed by atoms with Gasteiger partial charge in [-0.25, -0.2) is 8.78 Å². The first-order chi connectivity index (χ1) is 9.08. The number of hydrogen-bond acceptors (Lipinski definition) is 4. The van der Waals surface area contributed by atoms with Crippen molar-refractivity contribution >= 4 is 0 Å². The molecule has 1 aromatic carbocycles. The second kappa shape index (κ2) is 5.83. The highest BCUT2D eigenvalue weighted by atomic mass is 19.1. The molecule has 1 atom stereocenters. The Hall–Kier alpha value is -1.89. The number of benzene rings is 1. The van der Waals surface area contributed by atoms with Crippen molar-refractivity contribution in [2.45, 2.75) is 18.9 Å². The van der Waals surface area contributed by atoms with Crippen LogP contribution >= 0.6 is 0 Å². The van der Waals surface area contributed by atoms with Gasteiger partial charge in [0.05, 0.1) is 7.05 Å². The Morgan fingerprint density at radius 1 is 1.32 bits per heavy atom. The smallest absolute Gasteiger partial charge is 0.176 e. The predicted octanol–water partition coefficient (Wildman–Crippen LogP) is 0.861. The van der Waals surface area contributed by atoms with Crippen LogP contribution in [0.3, 0.4) is 0 Å². The van der Waals surface area contributed by atoms with Gasteiger partial charge in [-0.15, -0.1) is 10.2 Å². The number of tetrazole rings is 1. The Labute approximate surface area is 109 Å². The topological polar surface area (TPSA) is 55.6 Å². The van der Waals surface area contributed by atoms with Crippen molar-refractivity contribution in [3.63, 3.8) is 0 Å². The van der Waals surface area contributed by atoms with Crippen molar-refractivity contribution < 1.29 is 8.78 Å². The highest BCUT2D eigenvalue weighted by molar-refractivity contribution is 5.19. The third-order valence-electron chi connectivity index (χ3n) is 2.87. The molecular formula is C12H15F2N5. The highest BCUT2D eigenvalue weighted by Crippen LogP contribution is 2.12. The van der Waals surface area contributed by atoms with Gasteiger partial charge in [0.15, 0.2) is 5.82 Å². The third-order valence-corrected chi connectivity index (χ3v) is 2.87. The Bertz CT molecular complexity index is 555. The molecule has 1 unspecified atom stereocenters. The van der Waals surface area contributed by atoms with E-state index in [1.54, 1.807) is 14.1 Å². The van der Waals surface area contributed by atoms with Gasteiger partial charge >= 0.3 is 0 Å². The molecule has 0 amide bonds. The standard InChI is InChI=1S/C12H15F2N5/c1-15-10(7-12-16-18-19(2)17-12)5-8-3-4-9(13)6-11(8)14/h3-4,6,10,15H,5,7H2,1-2H3. The molecule has 0 saturated carbocycles. The van der Waals surface area contributed by atoms with Gasteiger partial charge in [-0.05, 0) is 30.3 Å². The van der Waals surface area contributed by atoms with Crippen LogP contribution in [0.1, 0.15) is 11.4 Å². The average molecular weight is 267 g/mol. The summed E-state index contributed by atoms with van der Waals surface area (Å²) in [6.45, 7) is 0. The second-order valence-electron chi connectivity index (χ2n) is 4.32. The number of rotatable bonds is 5. The summed E-state index contributed by atoms with van der Waals surface area (Å²) in [6.07, 6.45) is 0.960. The summed E-state index contributed by atoms with van der Waals surface area (Å²) < 4.78 is 26.4. The molecule has 0 radical (unpaired) electrons. The molecule has 2 aromatic rings. The fourth-order valence-electron chi connectivity index (χ4n) is 1.85. The number of nitrogens with one attached hydrogen (secondary N) is 1. The lowest BCUT2D eigenvalue weighted by molar-refractivity contribution is 0.515. The van der Waals surface area contributed by atoms with Gasteiger partial charge in [-0.2, -0.15) is 4.80 Å². The van der Waals surface area contributed by atoms with Crippen LogP contribution in [0.25, 0.3) is 0 Å². The van der Waals surface area contributed by atoms with E-state index in [4.69, 9.17) is 0 Å². The summed E-state index contributed by atoms with van der Waals surface area (Å²) in [6, 6.07) is 3.57. The number of hydrogen-bond donors (Lipinski definition) is 1. The van der Waals surface area contributed by atoms with Crippen LogP contribution < -0.4 is 5.32 Å². The van der Waals surface area contributed by atoms with E-state index in [1.807, 2.05) is 0 Å². The second-order valence-corrected chi connectivity index (χ2v) is 4.32. The SMILES string of the molecule is CNC(Cc1nnn(C)n1)Cc1ccc(F)cc1F. The zero-order valence-electron chi connectivity index (χ0n) is 10.8. The first-order valence-corrected chi connectivity index (χ1v) is 5.92. The Morgan fingerprint density at radius 3 is 2.68 bits per heavy atom. The highest BCUT2D eigenvalue weighted by Gasteiger charge is 2.14. The van der Waals surface area contributed by atoms with Gasteiger partial charge in [0, 0.05) is 18.5 Å². The molecule has 2 rings (SSSR count). The minimum Gasteiger partial charge on any atom is -0.316 e. The number of aromatic nitrogens is 4. The minimum absolute atomic E-state index is 0.0378. The van der Waals surface area contributed by atoms with Crippen molar-refractivity contribution in [3.8, 4) is 0 Å². The summed E-state index contributed by atoms with van der Waals surface area (Å²) in [5, 5.41) is 14.8. The maximum absolute atomic E-state index is 13.6. The predicted molar refractivity (Wildman–Crippen MR) is 65.4 cm³/mol. The molecule has 0 aliphatic rings. The number of aryl methyl sites for hydroxylation is 1. The average Bonchev–Trinajstić information content (AvgIpc) is 2.77.